The molecule has 1 aromatic heterocycles. The van der Waals surface area contributed by atoms with Gasteiger partial charge in [-0.2, -0.15) is 5.10 Å². The van der Waals surface area contributed by atoms with Gasteiger partial charge in [-0.05, 0) is 23.8 Å². The summed E-state index contributed by atoms with van der Waals surface area (Å²) in [4.78, 5) is 0. The highest BCUT2D eigenvalue weighted by molar-refractivity contribution is 5.16. The second-order valence-electron chi connectivity index (χ2n) is 2.77. The molecule has 0 aliphatic carbocycles. The van der Waals surface area contributed by atoms with Crippen LogP contribution in [0.2, 0.25) is 0 Å². The van der Waals surface area contributed by atoms with Gasteiger partial charge in [-0.15, -0.1) is 0 Å². The molecule has 0 atom stereocenters. The molecule has 0 spiro atoms. The summed E-state index contributed by atoms with van der Waals surface area (Å²) >= 11 is 0. The van der Waals surface area contributed by atoms with Crippen LogP contribution in [0.25, 0.3) is 0 Å². The molecular weight excluding hydrogens is 167 g/mol. The van der Waals surface area contributed by atoms with Gasteiger partial charge >= 0.3 is 0 Å². The summed E-state index contributed by atoms with van der Waals surface area (Å²) in [6, 6.07) is 8.13. The molecule has 0 saturated carbocycles. The minimum atomic E-state index is -0.212. The fourth-order valence-electron chi connectivity index (χ4n) is 1.13. The van der Waals surface area contributed by atoms with Crippen LogP contribution in [0.4, 0.5) is 4.39 Å². The molecule has 0 saturated heterocycles. The number of rotatable bonds is 2. The highest BCUT2D eigenvalue weighted by atomic mass is 19.1. The van der Waals surface area contributed by atoms with Gasteiger partial charge in [0.25, 0.3) is 0 Å². The van der Waals surface area contributed by atoms with Crippen molar-refractivity contribution in [1.82, 2.24) is 9.78 Å². The highest BCUT2D eigenvalue weighted by Gasteiger charge is 1.94. The van der Waals surface area contributed by atoms with Gasteiger partial charge in [0.15, 0.2) is 0 Å². The summed E-state index contributed by atoms with van der Waals surface area (Å²) < 4.78 is 14.3. The number of benzene rings is 1. The zero-order valence-corrected chi connectivity index (χ0v) is 6.94. The Bertz CT molecular complexity index is 364. The molecular formula is C10H8FN2. The van der Waals surface area contributed by atoms with Crippen molar-refractivity contribution in [3.8, 4) is 0 Å². The average molecular weight is 175 g/mol. The van der Waals surface area contributed by atoms with Crippen LogP contribution in [0.15, 0.2) is 36.5 Å². The Labute approximate surface area is 75.6 Å². The molecule has 1 aromatic carbocycles. The topological polar surface area (TPSA) is 17.8 Å². The lowest BCUT2D eigenvalue weighted by Crippen LogP contribution is -1.99. The van der Waals surface area contributed by atoms with Gasteiger partial charge in [0.2, 0.25) is 0 Å². The van der Waals surface area contributed by atoms with Crippen molar-refractivity contribution in [3.05, 3.63) is 54.1 Å². The first-order valence-electron chi connectivity index (χ1n) is 3.98. The van der Waals surface area contributed by atoms with E-state index in [2.05, 4.69) is 11.3 Å². The van der Waals surface area contributed by atoms with E-state index in [0.29, 0.717) is 6.54 Å². The van der Waals surface area contributed by atoms with E-state index in [0.717, 1.165) is 5.56 Å². The van der Waals surface area contributed by atoms with Crippen molar-refractivity contribution in [1.29, 1.82) is 0 Å². The van der Waals surface area contributed by atoms with Crippen LogP contribution in [0.5, 0.6) is 0 Å². The first-order valence-corrected chi connectivity index (χ1v) is 3.98. The maximum absolute atomic E-state index is 12.5. The maximum atomic E-state index is 12.5. The van der Waals surface area contributed by atoms with E-state index in [1.165, 1.54) is 12.1 Å². The zero-order valence-electron chi connectivity index (χ0n) is 6.94. The Morgan fingerprint density at radius 2 is 2.08 bits per heavy atom. The maximum Gasteiger partial charge on any atom is 0.123 e. The summed E-state index contributed by atoms with van der Waals surface area (Å²) in [7, 11) is 0. The molecule has 2 rings (SSSR count). The second kappa shape index (κ2) is 3.39. The molecule has 0 amide bonds. The van der Waals surface area contributed by atoms with Crippen LogP contribution in [0, 0.1) is 12.0 Å². The predicted molar refractivity (Wildman–Crippen MR) is 46.6 cm³/mol. The lowest BCUT2D eigenvalue weighted by atomic mass is 10.2. The standard InChI is InChI=1S/C10H8FN2/c11-10-4-2-9(3-5-10)8-13-7-1-6-12-13/h1-5,7H,8H2. The van der Waals surface area contributed by atoms with Gasteiger partial charge in [-0.25, -0.2) is 4.39 Å². The van der Waals surface area contributed by atoms with Gasteiger partial charge in [0.05, 0.1) is 6.54 Å². The van der Waals surface area contributed by atoms with E-state index in [1.54, 1.807) is 22.9 Å². The molecule has 3 heteroatoms. The average Bonchev–Trinajstić information content (AvgIpc) is 2.62. The van der Waals surface area contributed by atoms with E-state index in [9.17, 15) is 4.39 Å². The number of nitrogens with zero attached hydrogens (tertiary/aromatic N) is 2. The van der Waals surface area contributed by atoms with E-state index >= 15 is 0 Å². The Morgan fingerprint density at radius 1 is 1.31 bits per heavy atom. The predicted octanol–water partition coefficient (Wildman–Crippen LogP) is 1.87. The molecule has 0 aliphatic heterocycles. The van der Waals surface area contributed by atoms with E-state index < -0.39 is 0 Å². The van der Waals surface area contributed by atoms with Crippen LogP contribution in [0.3, 0.4) is 0 Å². The summed E-state index contributed by atoms with van der Waals surface area (Å²) in [5.74, 6) is -0.212. The van der Waals surface area contributed by atoms with Crippen molar-refractivity contribution in [2.24, 2.45) is 0 Å². The third-order valence-corrected chi connectivity index (χ3v) is 1.77. The SMILES string of the molecule is Fc1ccc(Cn2cc[c]n2)cc1. The first-order chi connectivity index (χ1) is 6.34. The molecule has 65 valence electrons. The summed E-state index contributed by atoms with van der Waals surface area (Å²) in [6.07, 6.45) is 4.52. The lowest BCUT2D eigenvalue weighted by molar-refractivity contribution is 0.624. The number of aromatic nitrogens is 2. The Hall–Kier alpha value is -1.64. The van der Waals surface area contributed by atoms with Gasteiger partial charge < -0.3 is 0 Å². The van der Waals surface area contributed by atoms with Crippen molar-refractivity contribution in [2.75, 3.05) is 0 Å². The summed E-state index contributed by atoms with van der Waals surface area (Å²) in [6.45, 7) is 0.657. The minimum absolute atomic E-state index is 0.212. The molecule has 0 bridgehead atoms. The first kappa shape index (κ1) is 7.98. The van der Waals surface area contributed by atoms with Crippen molar-refractivity contribution in [2.45, 2.75) is 6.54 Å². The van der Waals surface area contributed by atoms with E-state index in [1.807, 2.05) is 6.20 Å². The molecule has 0 unspecified atom stereocenters. The quantitative estimate of drug-likeness (QED) is 0.681. The highest BCUT2D eigenvalue weighted by Crippen LogP contribution is 2.03. The molecule has 1 radical (unpaired) electrons. The van der Waals surface area contributed by atoms with Crippen LogP contribution < -0.4 is 0 Å². The smallest absolute Gasteiger partial charge is 0.123 e. The fraction of sp³-hybridized carbons (Fsp3) is 0.100. The Morgan fingerprint density at radius 3 is 2.69 bits per heavy atom. The fourth-order valence-corrected chi connectivity index (χ4v) is 1.13. The van der Waals surface area contributed by atoms with Crippen LogP contribution >= 0.6 is 0 Å². The van der Waals surface area contributed by atoms with Gasteiger partial charge in [-0.3, -0.25) is 4.68 Å². The second-order valence-corrected chi connectivity index (χ2v) is 2.77. The Kier molecular flexibility index (Phi) is 2.08. The summed E-state index contributed by atoms with van der Waals surface area (Å²) in [5, 5.41) is 3.93. The van der Waals surface area contributed by atoms with E-state index in [-0.39, 0.29) is 5.82 Å². The van der Waals surface area contributed by atoms with Gasteiger partial charge in [0, 0.05) is 6.20 Å². The molecule has 2 nitrogen and oxygen atoms in total. The van der Waals surface area contributed by atoms with Crippen LogP contribution in [-0.2, 0) is 6.54 Å². The molecule has 13 heavy (non-hydrogen) atoms. The third kappa shape index (κ3) is 1.93. The largest absolute Gasteiger partial charge is 0.268 e. The van der Waals surface area contributed by atoms with Crippen LogP contribution in [-0.4, -0.2) is 9.78 Å². The third-order valence-electron chi connectivity index (χ3n) is 1.77. The van der Waals surface area contributed by atoms with Crippen LogP contribution in [0.1, 0.15) is 5.56 Å². The van der Waals surface area contributed by atoms with Gasteiger partial charge in [0.1, 0.15) is 12.0 Å². The monoisotopic (exact) mass is 175 g/mol. The molecule has 1 heterocycles. The lowest BCUT2D eigenvalue weighted by Gasteiger charge is -2.00. The van der Waals surface area contributed by atoms with Crippen molar-refractivity contribution in [3.63, 3.8) is 0 Å². The zero-order chi connectivity index (χ0) is 9.10. The molecule has 2 aromatic rings. The van der Waals surface area contributed by atoms with Crippen molar-refractivity contribution >= 4 is 0 Å². The normalized spacial score (nSPS) is 10.2. The number of halogens is 1. The molecule has 0 fully saturated rings. The molecule has 0 N–H and O–H groups in total. The number of hydrogen-bond donors (Lipinski definition) is 0. The molecule has 0 aliphatic rings. The Balaban J connectivity index is 2.15. The summed E-state index contributed by atoms with van der Waals surface area (Å²) in [5.41, 5.74) is 1.03. The van der Waals surface area contributed by atoms with E-state index in [4.69, 9.17) is 0 Å². The van der Waals surface area contributed by atoms with Crippen molar-refractivity contribution < 1.29 is 4.39 Å². The number of hydrogen-bond acceptors (Lipinski definition) is 1. The van der Waals surface area contributed by atoms with Gasteiger partial charge in [-0.1, -0.05) is 12.1 Å². The minimum Gasteiger partial charge on any atom is -0.268 e.